The van der Waals surface area contributed by atoms with Gasteiger partial charge in [-0.3, -0.25) is 9.78 Å². The molecule has 140 valence electrons. The van der Waals surface area contributed by atoms with Gasteiger partial charge in [0.25, 0.3) is 5.56 Å². The number of H-pyrrole nitrogens is 2. The van der Waals surface area contributed by atoms with E-state index < -0.39 is 22.9 Å². The molecular formula is C19H13F2N5O2. The van der Waals surface area contributed by atoms with E-state index in [0.29, 0.717) is 23.3 Å². The van der Waals surface area contributed by atoms with Crippen LogP contribution in [-0.4, -0.2) is 24.6 Å². The topological polar surface area (TPSA) is 95.9 Å². The SMILES string of the molecule is O=c1[nH]cc(-c2cc([C@H]3C[C@@H]3c3cc(F)cc(F)c3)c3nccn3n2)c(=O)[nH]1. The van der Waals surface area contributed by atoms with Crippen LogP contribution in [-0.2, 0) is 0 Å². The standard InChI is InChI=1S/C19H13F2N5O2/c20-10-3-9(4-11(21)5-10)12-6-13(12)14-7-16(25-26-2-1-22-17(14)26)15-8-23-19(28)24-18(15)27/h1-5,7-8,12-13H,6H2,(H2,23,24,27,28)/t12-,13+/m1/s1. The van der Waals surface area contributed by atoms with Crippen molar-refractivity contribution in [3.05, 3.63) is 86.5 Å². The van der Waals surface area contributed by atoms with Crippen molar-refractivity contribution in [3.63, 3.8) is 0 Å². The first-order chi connectivity index (χ1) is 13.5. The highest BCUT2D eigenvalue weighted by atomic mass is 19.1. The van der Waals surface area contributed by atoms with Gasteiger partial charge in [0, 0.05) is 30.2 Å². The number of halogens is 2. The zero-order chi connectivity index (χ0) is 19.4. The summed E-state index contributed by atoms with van der Waals surface area (Å²) in [5, 5.41) is 4.38. The molecule has 0 radical (unpaired) electrons. The van der Waals surface area contributed by atoms with Crippen LogP contribution in [0, 0.1) is 11.6 Å². The van der Waals surface area contributed by atoms with Crippen molar-refractivity contribution < 1.29 is 8.78 Å². The minimum Gasteiger partial charge on any atom is -0.313 e. The third kappa shape index (κ3) is 2.72. The van der Waals surface area contributed by atoms with Crippen LogP contribution >= 0.6 is 0 Å². The minimum atomic E-state index is -0.609. The number of fused-ring (bicyclic) bond motifs is 1. The average molecular weight is 381 g/mol. The number of aromatic amines is 2. The molecule has 2 N–H and O–H groups in total. The third-order valence-corrected chi connectivity index (χ3v) is 4.99. The molecule has 5 rings (SSSR count). The third-order valence-electron chi connectivity index (χ3n) is 4.99. The summed E-state index contributed by atoms with van der Waals surface area (Å²) in [6, 6.07) is 5.27. The number of nitrogens with one attached hydrogen (secondary N) is 2. The Labute approximate surface area is 155 Å². The first kappa shape index (κ1) is 16.5. The Morgan fingerprint density at radius 3 is 2.61 bits per heavy atom. The number of rotatable bonds is 3. The van der Waals surface area contributed by atoms with Gasteiger partial charge in [0.2, 0.25) is 0 Å². The van der Waals surface area contributed by atoms with Crippen LogP contribution in [0.25, 0.3) is 16.9 Å². The lowest BCUT2D eigenvalue weighted by Gasteiger charge is -2.07. The van der Waals surface area contributed by atoms with Crippen molar-refractivity contribution in [2.75, 3.05) is 0 Å². The number of benzene rings is 1. The molecule has 1 aromatic carbocycles. The molecule has 0 spiro atoms. The lowest BCUT2D eigenvalue weighted by Crippen LogP contribution is -2.23. The first-order valence-corrected chi connectivity index (χ1v) is 8.62. The molecular weight excluding hydrogens is 368 g/mol. The van der Waals surface area contributed by atoms with E-state index in [4.69, 9.17) is 0 Å². The molecule has 1 aliphatic rings. The Bertz CT molecular complexity index is 1320. The molecule has 3 aromatic heterocycles. The van der Waals surface area contributed by atoms with Gasteiger partial charge in [-0.05, 0) is 42.0 Å². The lowest BCUT2D eigenvalue weighted by molar-refractivity contribution is 0.579. The summed E-state index contributed by atoms with van der Waals surface area (Å²) in [6.45, 7) is 0. The summed E-state index contributed by atoms with van der Waals surface area (Å²) < 4.78 is 28.7. The van der Waals surface area contributed by atoms with Crippen LogP contribution in [0.1, 0.15) is 29.4 Å². The molecule has 9 heteroatoms. The zero-order valence-corrected chi connectivity index (χ0v) is 14.3. The molecule has 1 fully saturated rings. The molecule has 1 saturated carbocycles. The number of nitrogens with zero attached hydrogens (tertiary/aromatic N) is 3. The lowest BCUT2D eigenvalue weighted by atomic mass is 10.0. The molecule has 4 aromatic rings. The second-order valence-electron chi connectivity index (χ2n) is 6.82. The van der Waals surface area contributed by atoms with Gasteiger partial charge in [-0.2, -0.15) is 5.10 Å². The van der Waals surface area contributed by atoms with Gasteiger partial charge in [0.1, 0.15) is 11.6 Å². The number of hydrogen-bond acceptors (Lipinski definition) is 4. The van der Waals surface area contributed by atoms with Crippen LogP contribution in [0.3, 0.4) is 0 Å². The van der Waals surface area contributed by atoms with Crippen LogP contribution in [0.15, 0.2) is 52.4 Å². The molecule has 0 aliphatic heterocycles. The Morgan fingerprint density at radius 1 is 1.07 bits per heavy atom. The van der Waals surface area contributed by atoms with Crippen LogP contribution in [0.5, 0.6) is 0 Å². The monoisotopic (exact) mass is 381 g/mol. The molecule has 0 amide bonds. The van der Waals surface area contributed by atoms with E-state index in [9.17, 15) is 18.4 Å². The van der Waals surface area contributed by atoms with E-state index in [-0.39, 0.29) is 17.4 Å². The molecule has 2 atom stereocenters. The van der Waals surface area contributed by atoms with E-state index in [1.165, 1.54) is 18.3 Å². The number of hydrogen-bond donors (Lipinski definition) is 2. The highest BCUT2D eigenvalue weighted by Gasteiger charge is 2.41. The fraction of sp³-hybridized carbons (Fsp3) is 0.158. The van der Waals surface area contributed by atoms with E-state index >= 15 is 0 Å². The summed E-state index contributed by atoms with van der Waals surface area (Å²) in [6.07, 6.45) is 5.26. The molecule has 0 bridgehead atoms. The van der Waals surface area contributed by atoms with Gasteiger partial charge in [-0.15, -0.1) is 0 Å². The molecule has 1 aliphatic carbocycles. The van der Waals surface area contributed by atoms with Crippen molar-refractivity contribution in [1.82, 2.24) is 24.6 Å². The Balaban J connectivity index is 1.61. The van der Waals surface area contributed by atoms with Gasteiger partial charge in [0.05, 0.1) is 11.3 Å². The highest BCUT2D eigenvalue weighted by Crippen LogP contribution is 2.55. The predicted octanol–water partition coefficient (Wildman–Crippen LogP) is 2.32. The zero-order valence-electron chi connectivity index (χ0n) is 14.3. The van der Waals surface area contributed by atoms with E-state index in [0.717, 1.165) is 11.6 Å². The second kappa shape index (κ2) is 5.95. The van der Waals surface area contributed by atoms with Crippen LogP contribution in [0.4, 0.5) is 8.78 Å². The van der Waals surface area contributed by atoms with E-state index in [2.05, 4.69) is 20.1 Å². The smallest absolute Gasteiger partial charge is 0.313 e. The first-order valence-electron chi connectivity index (χ1n) is 8.62. The van der Waals surface area contributed by atoms with Crippen molar-refractivity contribution in [3.8, 4) is 11.3 Å². The van der Waals surface area contributed by atoms with Crippen molar-refractivity contribution in [1.29, 1.82) is 0 Å². The van der Waals surface area contributed by atoms with Gasteiger partial charge < -0.3 is 4.98 Å². The van der Waals surface area contributed by atoms with Crippen LogP contribution < -0.4 is 11.2 Å². The maximum atomic E-state index is 13.6. The fourth-order valence-electron chi connectivity index (χ4n) is 3.64. The van der Waals surface area contributed by atoms with E-state index in [1.54, 1.807) is 23.0 Å². The Hall–Kier alpha value is -3.62. The summed E-state index contributed by atoms with van der Waals surface area (Å²) in [4.78, 5) is 32.4. The maximum Gasteiger partial charge on any atom is 0.325 e. The van der Waals surface area contributed by atoms with Crippen molar-refractivity contribution in [2.45, 2.75) is 18.3 Å². The van der Waals surface area contributed by atoms with Crippen LogP contribution in [0.2, 0.25) is 0 Å². The fourth-order valence-corrected chi connectivity index (χ4v) is 3.64. The summed E-state index contributed by atoms with van der Waals surface area (Å²) in [7, 11) is 0. The summed E-state index contributed by atoms with van der Waals surface area (Å²) >= 11 is 0. The highest BCUT2D eigenvalue weighted by molar-refractivity contribution is 5.63. The average Bonchev–Trinajstić information content (AvgIpc) is 3.29. The summed E-state index contributed by atoms with van der Waals surface area (Å²) in [5.41, 5.74) is 1.46. The van der Waals surface area contributed by atoms with Gasteiger partial charge in [-0.1, -0.05) is 0 Å². The summed E-state index contributed by atoms with van der Waals surface area (Å²) in [5.74, 6) is -1.27. The maximum absolute atomic E-state index is 13.6. The minimum absolute atomic E-state index is 0.00491. The molecule has 3 heterocycles. The number of imidazole rings is 1. The quantitative estimate of drug-likeness (QED) is 0.569. The molecule has 0 saturated heterocycles. The Morgan fingerprint density at radius 2 is 1.86 bits per heavy atom. The molecule has 0 unspecified atom stereocenters. The van der Waals surface area contributed by atoms with Crippen molar-refractivity contribution in [2.24, 2.45) is 0 Å². The van der Waals surface area contributed by atoms with Gasteiger partial charge >= 0.3 is 5.69 Å². The van der Waals surface area contributed by atoms with Gasteiger partial charge in [-0.25, -0.2) is 23.1 Å². The normalized spacial score (nSPS) is 18.5. The Kier molecular flexibility index (Phi) is 3.51. The van der Waals surface area contributed by atoms with Crippen molar-refractivity contribution >= 4 is 5.65 Å². The van der Waals surface area contributed by atoms with Gasteiger partial charge in [0.15, 0.2) is 5.65 Å². The predicted molar refractivity (Wildman–Crippen MR) is 96.1 cm³/mol. The molecule has 28 heavy (non-hydrogen) atoms. The largest absolute Gasteiger partial charge is 0.325 e. The number of aromatic nitrogens is 5. The second-order valence-corrected chi connectivity index (χ2v) is 6.82. The molecule has 7 nitrogen and oxygen atoms in total. The van der Waals surface area contributed by atoms with E-state index in [1.807, 2.05) is 0 Å².